The van der Waals surface area contributed by atoms with E-state index >= 15 is 0 Å². The van der Waals surface area contributed by atoms with Crippen LogP contribution in [0.25, 0.3) is 55.6 Å². The molecule has 2 heteroatoms. The zero-order chi connectivity index (χ0) is 43.7. The molecule has 2 nitrogen and oxygen atoms in total. The quantitative estimate of drug-likeness (QED) is 0.135. The van der Waals surface area contributed by atoms with Gasteiger partial charge in [-0.1, -0.05) is 196 Å². The summed E-state index contributed by atoms with van der Waals surface area (Å²) in [7, 11) is 0. The molecule has 0 spiro atoms. The number of hydrogen-bond acceptors (Lipinski definition) is 2. The van der Waals surface area contributed by atoms with Crippen LogP contribution in [0.5, 0.6) is 0 Å². The summed E-state index contributed by atoms with van der Waals surface area (Å²) >= 11 is 0. The molecule has 0 aromatic heterocycles. The van der Waals surface area contributed by atoms with E-state index in [0.717, 1.165) is 39.7 Å². The molecule has 0 radical (unpaired) electrons. The minimum absolute atomic E-state index is 0.127. The van der Waals surface area contributed by atoms with Gasteiger partial charge in [0.25, 0.3) is 0 Å². The number of benzene rings is 10. The average molecular weight is 833 g/mol. The fourth-order valence-electron chi connectivity index (χ4n) is 9.74. The van der Waals surface area contributed by atoms with E-state index in [9.17, 15) is 0 Å². The average Bonchev–Trinajstić information content (AvgIpc) is 3.61. The molecule has 65 heavy (non-hydrogen) atoms. The Morgan fingerprint density at radius 2 is 0.569 bits per heavy atom. The molecule has 310 valence electrons. The molecule has 10 aromatic carbocycles. The summed E-state index contributed by atoms with van der Waals surface area (Å²) in [6.45, 7) is 4.71. The van der Waals surface area contributed by atoms with Crippen LogP contribution in [0.4, 0.5) is 34.1 Å². The molecule has 0 bridgehead atoms. The monoisotopic (exact) mass is 832 g/mol. The number of hydrogen-bond donors (Lipinski definition) is 0. The number of para-hydroxylation sites is 1. The Bertz CT molecular complexity index is 3230. The van der Waals surface area contributed by atoms with Gasteiger partial charge in [-0.3, -0.25) is 0 Å². The van der Waals surface area contributed by atoms with Crippen molar-refractivity contribution < 1.29 is 0 Å². The predicted octanol–water partition coefficient (Wildman–Crippen LogP) is 17.6. The van der Waals surface area contributed by atoms with E-state index in [1.807, 2.05) is 0 Å². The molecule has 1 aliphatic carbocycles. The molecule has 0 fully saturated rings. The van der Waals surface area contributed by atoms with E-state index in [4.69, 9.17) is 0 Å². The third-order valence-corrected chi connectivity index (χ3v) is 13.1. The summed E-state index contributed by atoms with van der Waals surface area (Å²) in [6.07, 6.45) is 0. The Balaban J connectivity index is 1.01. The molecule has 0 N–H and O–H groups in total. The molecule has 0 saturated heterocycles. The summed E-state index contributed by atoms with van der Waals surface area (Å²) in [5, 5.41) is 0. The van der Waals surface area contributed by atoms with Crippen molar-refractivity contribution in [2.45, 2.75) is 19.3 Å². The Labute approximate surface area is 383 Å². The molecule has 0 aliphatic heterocycles. The van der Waals surface area contributed by atoms with Crippen LogP contribution >= 0.6 is 0 Å². The maximum atomic E-state index is 2.42. The zero-order valence-corrected chi connectivity index (χ0v) is 36.6. The maximum absolute atomic E-state index is 2.42. The van der Waals surface area contributed by atoms with Crippen LogP contribution in [0, 0.1) is 0 Å². The molecule has 1 aliphatic rings. The van der Waals surface area contributed by atoms with Gasteiger partial charge in [0.15, 0.2) is 0 Å². The van der Waals surface area contributed by atoms with Crippen LogP contribution in [0.3, 0.4) is 0 Å². The molecule has 0 amide bonds. The summed E-state index contributed by atoms with van der Waals surface area (Å²) in [5.41, 5.74) is 21.4. The van der Waals surface area contributed by atoms with Crippen molar-refractivity contribution in [3.8, 4) is 55.6 Å². The standard InChI is InChI=1S/C63H48N2/c1-63(2)61-26-16-15-25-58(61)59-42-40-56(44-62(59)63)65(54-35-29-48(30-36-54)46-19-9-4-10-20-46)55-39-41-57(60(43-55)49-21-11-5-12-22-49)50-31-37-53(38-32-50)64(51-23-13-6-14-24-51)52-33-27-47(28-34-52)45-17-7-3-8-18-45/h3-44H,1-2H3. The second-order valence-corrected chi connectivity index (χ2v) is 17.4. The van der Waals surface area contributed by atoms with E-state index in [-0.39, 0.29) is 5.41 Å². The van der Waals surface area contributed by atoms with Crippen molar-refractivity contribution in [1.82, 2.24) is 0 Å². The number of nitrogens with zero attached hydrogens (tertiary/aromatic N) is 2. The fourth-order valence-corrected chi connectivity index (χ4v) is 9.74. The minimum atomic E-state index is -0.127. The largest absolute Gasteiger partial charge is 0.311 e. The van der Waals surface area contributed by atoms with Crippen molar-refractivity contribution in [3.05, 3.63) is 266 Å². The predicted molar refractivity (Wildman–Crippen MR) is 275 cm³/mol. The summed E-state index contributed by atoms with van der Waals surface area (Å²) < 4.78 is 0. The van der Waals surface area contributed by atoms with Crippen molar-refractivity contribution in [2.24, 2.45) is 0 Å². The lowest BCUT2D eigenvalue weighted by Gasteiger charge is -2.29. The number of rotatable bonds is 10. The Hall–Kier alpha value is -8.20. The van der Waals surface area contributed by atoms with Crippen LogP contribution in [-0.2, 0) is 5.41 Å². The van der Waals surface area contributed by atoms with Crippen LogP contribution in [-0.4, -0.2) is 0 Å². The lowest BCUT2D eigenvalue weighted by atomic mass is 9.82. The van der Waals surface area contributed by atoms with Crippen molar-refractivity contribution in [3.63, 3.8) is 0 Å². The van der Waals surface area contributed by atoms with Crippen molar-refractivity contribution >= 4 is 34.1 Å². The third-order valence-electron chi connectivity index (χ3n) is 13.1. The molecule has 0 heterocycles. The SMILES string of the molecule is CC1(C)c2ccccc2-c2ccc(N(c3ccc(-c4ccccc4)cc3)c3ccc(-c4ccc(N(c5ccccc5)c5ccc(-c6ccccc6)cc5)cc4)c(-c4ccccc4)c3)cc21. The van der Waals surface area contributed by atoms with Crippen LogP contribution < -0.4 is 9.80 Å². The first-order chi connectivity index (χ1) is 32.0. The molecule has 10 aromatic rings. The number of fused-ring (bicyclic) bond motifs is 3. The molecule has 0 unspecified atom stereocenters. The van der Waals surface area contributed by atoms with Gasteiger partial charge in [-0.15, -0.1) is 0 Å². The maximum Gasteiger partial charge on any atom is 0.0468 e. The molecule has 11 rings (SSSR count). The fraction of sp³-hybridized carbons (Fsp3) is 0.0476. The second kappa shape index (κ2) is 16.8. The molecule has 0 saturated carbocycles. The van der Waals surface area contributed by atoms with Gasteiger partial charge < -0.3 is 9.80 Å². The van der Waals surface area contributed by atoms with Gasteiger partial charge >= 0.3 is 0 Å². The molecular formula is C63H48N2. The van der Waals surface area contributed by atoms with Crippen molar-refractivity contribution in [2.75, 3.05) is 9.80 Å². The highest BCUT2D eigenvalue weighted by Gasteiger charge is 2.35. The number of anilines is 6. The summed E-state index contributed by atoms with van der Waals surface area (Å²) in [5.74, 6) is 0. The van der Waals surface area contributed by atoms with Crippen molar-refractivity contribution in [1.29, 1.82) is 0 Å². The van der Waals surface area contributed by atoms with Gasteiger partial charge in [-0.25, -0.2) is 0 Å². The normalized spacial score (nSPS) is 12.3. The Kier molecular flexibility index (Phi) is 10.3. The lowest BCUT2D eigenvalue weighted by Crippen LogP contribution is -2.16. The van der Waals surface area contributed by atoms with Gasteiger partial charge in [0.2, 0.25) is 0 Å². The highest BCUT2D eigenvalue weighted by molar-refractivity contribution is 5.91. The van der Waals surface area contributed by atoms with Crippen LogP contribution in [0.1, 0.15) is 25.0 Å². The van der Waals surface area contributed by atoms with Gasteiger partial charge in [-0.2, -0.15) is 0 Å². The molecule has 0 atom stereocenters. The first-order valence-corrected chi connectivity index (χ1v) is 22.5. The van der Waals surface area contributed by atoms with Gasteiger partial charge in [0.05, 0.1) is 0 Å². The zero-order valence-electron chi connectivity index (χ0n) is 36.6. The highest BCUT2D eigenvalue weighted by Crippen LogP contribution is 2.51. The second-order valence-electron chi connectivity index (χ2n) is 17.4. The summed E-state index contributed by atoms with van der Waals surface area (Å²) in [4.78, 5) is 4.76. The van der Waals surface area contributed by atoms with E-state index in [1.54, 1.807) is 0 Å². The van der Waals surface area contributed by atoms with E-state index in [2.05, 4.69) is 278 Å². The van der Waals surface area contributed by atoms with Gasteiger partial charge in [-0.05, 0) is 140 Å². The Morgan fingerprint density at radius 1 is 0.231 bits per heavy atom. The van der Waals surface area contributed by atoms with Gasteiger partial charge in [0, 0.05) is 39.5 Å². The lowest BCUT2D eigenvalue weighted by molar-refractivity contribution is 0.660. The first-order valence-electron chi connectivity index (χ1n) is 22.5. The Morgan fingerprint density at radius 3 is 1.11 bits per heavy atom. The van der Waals surface area contributed by atoms with E-state index < -0.39 is 0 Å². The van der Waals surface area contributed by atoms with Crippen LogP contribution in [0.2, 0.25) is 0 Å². The smallest absolute Gasteiger partial charge is 0.0468 e. The summed E-state index contributed by atoms with van der Waals surface area (Å²) in [6, 6.07) is 92.4. The van der Waals surface area contributed by atoms with E-state index in [0.29, 0.717) is 0 Å². The third kappa shape index (κ3) is 7.49. The molecular weight excluding hydrogens is 785 g/mol. The van der Waals surface area contributed by atoms with Crippen LogP contribution in [0.15, 0.2) is 255 Å². The first kappa shape index (κ1) is 39.6. The highest BCUT2D eigenvalue weighted by atomic mass is 15.1. The topological polar surface area (TPSA) is 6.48 Å². The van der Waals surface area contributed by atoms with E-state index in [1.165, 1.54) is 61.2 Å². The van der Waals surface area contributed by atoms with Gasteiger partial charge in [0.1, 0.15) is 0 Å². The minimum Gasteiger partial charge on any atom is -0.311 e.